The highest BCUT2D eigenvalue weighted by molar-refractivity contribution is 7.92. The van der Waals surface area contributed by atoms with Crippen molar-refractivity contribution in [3.8, 4) is 6.07 Å². The Labute approximate surface area is 189 Å². The number of hydrogen-bond donors (Lipinski definition) is 2. The first kappa shape index (κ1) is 23.6. The van der Waals surface area contributed by atoms with Crippen molar-refractivity contribution >= 4 is 27.4 Å². The Hall–Kier alpha value is -3.09. The quantitative estimate of drug-likeness (QED) is 0.658. The van der Waals surface area contributed by atoms with Gasteiger partial charge in [0.15, 0.2) is 0 Å². The molecule has 0 bridgehead atoms. The predicted octanol–water partition coefficient (Wildman–Crippen LogP) is 3.15. The summed E-state index contributed by atoms with van der Waals surface area (Å²) in [7, 11) is -3.96. The van der Waals surface area contributed by atoms with Crippen LogP contribution in [0.1, 0.15) is 33.5 Å². The van der Waals surface area contributed by atoms with Gasteiger partial charge in [-0.15, -0.1) is 0 Å². The van der Waals surface area contributed by atoms with Crippen LogP contribution in [0.4, 0.5) is 11.4 Å². The molecule has 3 rings (SSSR count). The Bertz CT molecular complexity index is 1140. The van der Waals surface area contributed by atoms with Gasteiger partial charge in [0, 0.05) is 44.8 Å². The van der Waals surface area contributed by atoms with Gasteiger partial charge in [-0.05, 0) is 50.1 Å². The van der Waals surface area contributed by atoms with Crippen LogP contribution in [0.5, 0.6) is 0 Å². The van der Waals surface area contributed by atoms with Crippen molar-refractivity contribution in [3.05, 3.63) is 52.6 Å². The van der Waals surface area contributed by atoms with Crippen molar-refractivity contribution in [2.24, 2.45) is 0 Å². The first-order valence-electron chi connectivity index (χ1n) is 10.4. The molecular weight excluding hydrogens is 428 g/mol. The number of nitrogens with one attached hydrogen (secondary N) is 1. The van der Waals surface area contributed by atoms with Gasteiger partial charge in [-0.2, -0.15) is 5.26 Å². The van der Waals surface area contributed by atoms with Gasteiger partial charge in [-0.1, -0.05) is 17.7 Å². The molecule has 0 unspecified atom stereocenters. The van der Waals surface area contributed by atoms with Gasteiger partial charge in [0.2, 0.25) is 0 Å². The van der Waals surface area contributed by atoms with Crippen LogP contribution in [-0.2, 0) is 10.0 Å². The van der Waals surface area contributed by atoms with E-state index in [4.69, 9.17) is 5.26 Å². The maximum absolute atomic E-state index is 13.1. The third-order valence-corrected chi connectivity index (χ3v) is 7.30. The van der Waals surface area contributed by atoms with E-state index in [9.17, 15) is 18.3 Å². The van der Waals surface area contributed by atoms with Crippen molar-refractivity contribution in [3.63, 3.8) is 0 Å². The second kappa shape index (κ2) is 9.59. The van der Waals surface area contributed by atoms with Gasteiger partial charge in [0.1, 0.15) is 0 Å². The molecule has 1 heterocycles. The fourth-order valence-corrected chi connectivity index (χ4v) is 5.75. The summed E-state index contributed by atoms with van der Waals surface area (Å²) in [4.78, 5) is 16.4. The minimum Gasteiger partial charge on any atom is -0.478 e. The SMILES string of the molecule is Cc1cc(C)c(S(=O)(=O)Nc2ccc(N3CCN(CCC#N)CC3)cc2C(=O)O)c(C)c1. The summed E-state index contributed by atoms with van der Waals surface area (Å²) < 4.78 is 28.7. The average molecular weight is 457 g/mol. The van der Waals surface area contributed by atoms with Gasteiger partial charge in [0.25, 0.3) is 10.0 Å². The topological polar surface area (TPSA) is 114 Å². The highest BCUT2D eigenvalue weighted by atomic mass is 32.2. The number of carboxylic acid groups (broad SMARTS) is 1. The molecule has 0 aliphatic carbocycles. The molecule has 0 aromatic heterocycles. The number of nitrogens with zero attached hydrogens (tertiary/aromatic N) is 3. The van der Waals surface area contributed by atoms with Gasteiger partial charge in [-0.3, -0.25) is 9.62 Å². The molecule has 2 aromatic carbocycles. The fraction of sp³-hybridized carbons (Fsp3) is 0.391. The molecule has 1 aliphatic rings. The summed E-state index contributed by atoms with van der Waals surface area (Å²) in [6, 6.07) is 10.5. The van der Waals surface area contributed by atoms with Gasteiger partial charge in [0.05, 0.1) is 22.2 Å². The molecule has 0 radical (unpaired) electrons. The monoisotopic (exact) mass is 456 g/mol. The van der Waals surface area contributed by atoms with Crippen LogP contribution < -0.4 is 9.62 Å². The molecular formula is C23H28N4O4S. The third kappa shape index (κ3) is 5.21. The molecule has 0 atom stereocenters. The number of aryl methyl sites for hydroxylation is 3. The van der Waals surface area contributed by atoms with Crippen molar-refractivity contribution in [2.45, 2.75) is 32.1 Å². The predicted molar refractivity (Wildman–Crippen MR) is 124 cm³/mol. The number of sulfonamides is 1. The van der Waals surface area contributed by atoms with E-state index in [-0.39, 0.29) is 16.1 Å². The number of carboxylic acids is 1. The zero-order chi connectivity index (χ0) is 23.5. The first-order chi connectivity index (χ1) is 15.1. The number of carbonyl (C=O) groups is 1. The van der Waals surface area contributed by atoms with E-state index in [1.165, 1.54) is 12.1 Å². The summed E-state index contributed by atoms with van der Waals surface area (Å²) >= 11 is 0. The Balaban J connectivity index is 1.85. The summed E-state index contributed by atoms with van der Waals surface area (Å²) in [6.07, 6.45) is 0.484. The van der Waals surface area contributed by atoms with Crippen LogP contribution in [0.15, 0.2) is 35.2 Å². The lowest BCUT2D eigenvalue weighted by molar-refractivity contribution is 0.0698. The zero-order valence-corrected chi connectivity index (χ0v) is 19.4. The largest absolute Gasteiger partial charge is 0.478 e. The molecule has 32 heavy (non-hydrogen) atoms. The van der Waals surface area contributed by atoms with E-state index in [0.717, 1.165) is 30.9 Å². The van der Waals surface area contributed by atoms with E-state index >= 15 is 0 Å². The number of aromatic carboxylic acids is 1. The van der Waals surface area contributed by atoms with Crippen molar-refractivity contribution in [1.29, 1.82) is 5.26 Å². The van der Waals surface area contributed by atoms with Crippen LogP contribution >= 0.6 is 0 Å². The number of nitriles is 1. The number of anilines is 2. The number of piperazine rings is 1. The van der Waals surface area contributed by atoms with Gasteiger partial charge in [-0.25, -0.2) is 13.2 Å². The number of benzene rings is 2. The summed E-state index contributed by atoms with van der Waals surface area (Å²) in [5.41, 5.74) is 2.85. The summed E-state index contributed by atoms with van der Waals surface area (Å²) in [6.45, 7) is 9.05. The smallest absolute Gasteiger partial charge is 0.337 e. The van der Waals surface area contributed by atoms with Crippen molar-refractivity contribution in [2.75, 3.05) is 42.3 Å². The highest BCUT2D eigenvalue weighted by Crippen LogP contribution is 2.29. The minimum absolute atomic E-state index is 0.0354. The standard InChI is InChI=1S/C23H28N4O4S/c1-16-13-17(2)22(18(3)14-16)32(30,31)25-21-6-5-19(15-20(21)23(28)29)27-11-9-26(10-12-27)8-4-7-24/h5-6,13-15,25H,4,8-12H2,1-3H3,(H,28,29). The molecule has 0 amide bonds. The fourth-order valence-electron chi connectivity index (χ4n) is 4.22. The van der Waals surface area contributed by atoms with E-state index in [1.807, 2.05) is 6.92 Å². The normalized spacial score (nSPS) is 14.8. The van der Waals surface area contributed by atoms with Crippen LogP contribution in [0, 0.1) is 32.1 Å². The minimum atomic E-state index is -3.96. The molecule has 170 valence electrons. The molecule has 1 saturated heterocycles. The van der Waals surface area contributed by atoms with E-state index in [2.05, 4.69) is 20.6 Å². The molecule has 8 nitrogen and oxygen atoms in total. The maximum Gasteiger partial charge on any atom is 0.337 e. The number of hydrogen-bond acceptors (Lipinski definition) is 6. The summed E-state index contributed by atoms with van der Waals surface area (Å²) in [5.74, 6) is -1.20. The Kier molecular flexibility index (Phi) is 7.06. The van der Waals surface area contributed by atoms with Crippen molar-refractivity contribution in [1.82, 2.24) is 4.90 Å². The van der Waals surface area contributed by atoms with Crippen molar-refractivity contribution < 1.29 is 18.3 Å². The van der Waals surface area contributed by atoms with Gasteiger partial charge < -0.3 is 10.0 Å². The molecule has 0 saturated carbocycles. The Morgan fingerprint density at radius 2 is 1.72 bits per heavy atom. The Morgan fingerprint density at radius 1 is 1.09 bits per heavy atom. The van der Waals surface area contributed by atoms with E-state index < -0.39 is 16.0 Å². The lowest BCUT2D eigenvalue weighted by Crippen LogP contribution is -2.46. The molecule has 2 aromatic rings. The van der Waals surface area contributed by atoms with Crippen LogP contribution in [-0.4, -0.2) is 57.1 Å². The molecule has 1 aliphatic heterocycles. The van der Waals surface area contributed by atoms with Crippen LogP contribution in [0.25, 0.3) is 0 Å². The third-order valence-electron chi connectivity index (χ3n) is 5.63. The van der Waals surface area contributed by atoms with Crippen LogP contribution in [0.2, 0.25) is 0 Å². The van der Waals surface area contributed by atoms with E-state index in [1.54, 1.807) is 32.0 Å². The van der Waals surface area contributed by atoms with E-state index in [0.29, 0.717) is 30.6 Å². The average Bonchev–Trinajstić information content (AvgIpc) is 2.71. The Morgan fingerprint density at radius 3 is 2.28 bits per heavy atom. The lowest BCUT2D eigenvalue weighted by Gasteiger charge is -2.36. The summed E-state index contributed by atoms with van der Waals surface area (Å²) in [5, 5.41) is 18.5. The van der Waals surface area contributed by atoms with Gasteiger partial charge >= 0.3 is 5.97 Å². The maximum atomic E-state index is 13.1. The molecule has 2 N–H and O–H groups in total. The van der Waals surface area contributed by atoms with Crippen LogP contribution in [0.3, 0.4) is 0 Å². The zero-order valence-electron chi connectivity index (χ0n) is 18.6. The molecule has 1 fully saturated rings. The first-order valence-corrected chi connectivity index (χ1v) is 11.9. The lowest BCUT2D eigenvalue weighted by atomic mass is 10.1. The second-order valence-electron chi connectivity index (χ2n) is 8.11. The second-order valence-corrected chi connectivity index (χ2v) is 9.72. The molecule has 9 heteroatoms. The number of rotatable bonds is 7. The highest BCUT2D eigenvalue weighted by Gasteiger charge is 2.24. The molecule has 0 spiro atoms.